The number of aliphatic imine (C=N–C) groups is 1. The molecule has 0 amide bonds. The summed E-state index contributed by atoms with van der Waals surface area (Å²) in [5.74, 6) is 0.751. The first-order chi connectivity index (χ1) is 6.43. The summed E-state index contributed by atoms with van der Waals surface area (Å²) in [4.78, 5) is 8.64. The summed E-state index contributed by atoms with van der Waals surface area (Å²) in [5.41, 5.74) is 2.18. The van der Waals surface area contributed by atoms with Gasteiger partial charge in [-0.05, 0) is 28.9 Å². The Kier molecular flexibility index (Phi) is 2.20. The molecule has 0 saturated carbocycles. The molecule has 2 heterocycles. The average Bonchev–Trinajstić information content (AvgIpc) is 2.28. The zero-order valence-electron chi connectivity index (χ0n) is 8.23. The fourth-order valence-corrected chi connectivity index (χ4v) is 1.95. The van der Waals surface area contributed by atoms with Gasteiger partial charge in [0.05, 0.1) is 4.47 Å². The van der Waals surface area contributed by atoms with Gasteiger partial charge in [0.15, 0.2) is 5.82 Å². The minimum absolute atomic E-state index is 0.0323. The minimum atomic E-state index is -0.0323. The molecule has 1 aromatic rings. The first-order valence-electron chi connectivity index (χ1n) is 4.35. The van der Waals surface area contributed by atoms with Gasteiger partial charge in [-0.2, -0.15) is 0 Å². The van der Waals surface area contributed by atoms with Crippen LogP contribution in [0.1, 0.15) is 26.3 Å². The molecule has 0 aromatic carbocycles. The van der Waals surface area contributed by atoms with Crippen LogP contribution in [0.5, 0.6) is 0 Å². The lowest BCUT2D eigenvalue weighted by Crippen LogP contribution is -2.22. The number of rotatable bonds is 0. The van der Waals surface area contributed by atoms with E-state index < -0.39 is 0 Å². The summed E-state index contributed by atoms with van der Waals surface area (Å²) >= 11 is 9.28. The molecule has 0 radical (unpaired) electrons. The molecule has 1 aromatic heterocycles. The molecule has 14 heavy (non-hydrogen) atoms. The van der Waals surface area contributed by atoms with Crippen LogP contribution in [0, 0.1) is 0 Å². The Morgan fingerprint density at radius 2 is 2.07 bits per heavy atom. The van der Waals surface area contributed by atoms with Crippen LogP contribution >= 0.6 is 27.5 Å². The standard InChI is InChI=1S/C10H10BrClN2/c1-5-10(2,3)6-4-7(11)8(12)14-9(6)13-5/h4H,1-3H3. The number of nitrogens with zero attached hydrogens (tertiary/aromatic N) is 2. The van der Waals surface area contributed by atoms with Gasteiger partial charge < -0.3 is 0 Å². The van der Waals surface area contributed by atoms with Gasteiger partial charge in [-0.1, -0.05) is 25.4 Å². The van der Waals surface area contributed by atoms with E-state index >= 15 is 0 Å². The molecule has 1 aliphatic rings. The van der Waals surface area contributed by atoms with Gasteiger partial charge in [-0.3, -0.25) is 0 Å². The fourth-order valence-electron chi connectivity index (χ4n) is 1.50. The van der Waals surface area contributed by atoms with Gasteiger partial charge in [-0.15, -0.1) is 0 Å². The molecule has 0 unspecified atom stereocenters. The smallest absolute Gasteiger partial charge is 0.157 e. The molecule has 2 rings (SSSR count). The zero-order valence-corrected chi connectivity index (χ0v) is 10.6. The number of hydrogen-bond donors (Lipinski definition) is 0. The number of hydrogen-bond acceptors (Lipinski definition) is 2. The highest BCUT2D eigenvalue weighted by Crippen LogP contribution is 2.41. The van der Waals surface area contributed by atoms with Crippen LogP contribution in [-0.2, 0) is 5.41 Å². The molecule has 0 fully saturated rings. The molecule has 0 bridgehead atoms. The van der Waals surface area contributed by atoms with Crippen LogP contribution in [0.25, 0.3) is 0 Å². The second-order valence-corrected chi connectivity index (χ2v) is 5.17. The lowest BCUT2D eigenvalue weighted by molar-refractivity contribution is 0.730. The van der Waals surface area contributed by atoms with Gasteiger partial charge in [-0.25, -0.2) is 9.98 Å². The first-order valence-corrected chi connectivity index (χ1v) is 5.52. The number of halogens is 2. The molecule has 0 N–H and O–H groups in total. The lowest BCUT2D eigenvalue weighted by Gasteiger charge is -2.19. The van der Waals surface area contributed by atoms with Crippen molar-refractivity contribution < 1.29 is 0 Å². The Labute approximate surface area is 96.5 Å². The topological polar surface area (TPSA) is 25.2 Å². The van der Waals surface area contributed by atoms with E-state index in [1.807, 2.05) is 13.0 Å². The highest BCUT2D eigenvalue weighted by molar-refractivity contribution is 9.10. The Balaban J connectivity index is 2.69. The minimum Gasteiger partial charge on any atom is -0.237 e. The first kappa shape index (κ1) is 10.1. The third-order valence-corrected chi connectivity index (χ3v) is 3.89. The summed E-state index contributed by atoms with van der Waals surface area (Å²) in [5, 5.41) is 0.470. The van der Waals surface area contributed by atoms with E-state index in [-0.39, 0.29) is 5.41 Å². The van der Waals surface area contributed by atoms with E-state index in [2.05, 4.69) is 39.8 Å². The highest BCUT2D eigenvalue weighted by atomic mass is 79.9. The van der Waals surface area contributed by atoms with Crippen molar-refractivity contribution in [2.45, 2.75) is 26.2 Å². The van der Waals surface area contributed by atoms with Crippen molar-refractivity contribution in [3.63, 3.8) is 0 Å². The van der Waals surface area contributed by atoms with Gasteiger partial charge in [0.1, 0.15) is 5.15 Å². The van der Waals surface area contributed by atoms with E-state index in [0.29, 0.717) is 5.15 Å². The Hall–Kier alpha value is -0.410. The Bertz CT molecular complexity index is 438. The molecular weight excluding hydrogens is 263 g/mol. The molecule has 0 saturated heterocycles. The van der Waals surface area contributed by atoms with Crippen LogP contribution in [0.2, 0.25) is 5.15 Å². The Morgan fingerprint density at radius 1 is 1.43 bits per heavy atom. The Morgan fingerprint density at radius 3 is 2.71 bits per heavy atom. The van der Waals surface area contributed by atoms with Crippen molar-refractivity contribution in [3.05, 3.63) is 21.3 Å². The van der Waals surface area contributed by atoms with E-state index in [4.69, 9.17) is 11.6 Å². The summed E-state index contributed by atoms with van der Waals surface area (Å²) in [7, 11) is 0. The number of pyridine rings is 1. The van der Waals surface area contributed by atoms with E-state index in [0.717, 1.165) is 21.6 Å². The largest absolute Gasteiger partial charge is 0.237 e. The van der Waals surface area contributed by atoms with Crippen molar-refractivity contribution in [1.29, 1.82) is 0 Å². The highest BCUT2D eigenvalue weighted by Gasteiger charge is 2.33. The van der Waals surface area contributed by atoms with E-state index in [1.54, 1.807) is 0 Å². The van der Waals surface area contributed by atoms with Gasteiger partial charge in [0, 0.05) is 16.7 Å². The molecule has 74 valence electrons. The maximum Gasteiger partial charge on any atom is 0.157 e. The summed E-state index contributed by atoms with van der Waals surface area (Å²) in [6.07, 6.45) is 0. The number of fused-ring (bicyclic) bond motifs is 1. The third-order valence-electron chi connectivity index (χ3n) is 2.76. The maximum absolute atomic E-state index is 5.91. The predicted octanol–water partition coefficient (Wildman–Crippen LogP) is 3.88. The van der Waals surface area contributed by atoms with Crippen molar-refractivity contribution in [2.75, 3.05) is 0 Å². The van der Waals surface area contributed by atoms with Gasteiger partial charge in [0.25, 0.3) is 0 Å². The second-order valence-electron chi connectivity index (χ2n) is 3.95. The molecule has 1 aliphatic heterocycles. The van der Waals surface area contributed by atoms with Crippen molar-refractivity contribution in [1.82, 2.24) is 4.98 Å². The average molecular weight is 274 g/mol. The lowest BCUT2D eigenvalue weighted by atomic mass is 9.83. The van der Waals surface area contributed by atoms with Crippen molar-refractivity contribution in [2.24, 2.45) is 4.99 Å². The van der Waals surface area contributed by atoms with Crippen LogP contribution in [0.3, 0.4) is 0 Å². The summed E-state index contributed by atoms with van der Waals surface area (Å²) in [6.45, 7) is 6.29. The zero-order chi connectivity index (χ0) is 10.5. The molecule has 0 spiro atoms. The quantitative estimate of drug-likeness (QED) is 0.659. The number of aromatic nitrogens is 1. The monoisotopic (exact) mass is 272 g/mol. The van der Waals surface area contributed by atoms with Gasteiger partial charge in [0.2, 0.25) is 0 Å². The van der Waals surface area contributed by atoms with Crippen LogP contribution in [-0.4, -0.2) is 10.7 Å². The normalized spacial score (nSPS) is 17.9. The predicted molar refractivity (Wildman–Crippen MR) is 62.7 cm³/mol. The van der Waals surface area contributed by atoms with Crippen molar-refractivity contribution >= 4 is 39.1 Å². The van der Waals surface area contributed by atoms with Crippen molar-refractivity contribution in [3.8, 4) is 0 Å². The molecule has 4 heteroatoms. The third kappa shape index (κ3) is 1.30. The molecular formula is C10H10BrClN2. The maximum atomic E-state index is 5.91. The van der Waals surface area contributed by atoms with E-state index in [1.165, 1.54) is 0 Å². The van der Waals surface area contributed by atoms with Crippen LogP contribution in [0.15, 0.2) is 15.5 Å². The fraction of sp³-hybridized carbons (Fsp3) is 0.400. The van der Waals surface area contributed by atoms with Crippen LogP contribution < -0.4 is 0 Å². The molecule has 0 aliphatic carbocycles. The second kappa shape index (κ2) is 3.04. The summed E-state index contributed by atoms with van der Waals surface area (Å²) in [6, 6.07) is 2.00. The van der Waals surface area contributed by atoms with Gasteiger partial charge >= 0.3 is 0 Å². The van der Waals surface area contributed by atoms with Crippen LogP contribution in [0.4, 0.5) is 5.82 Å². The van der Waals surface area contributed by atoms with E-state index in [9.17, 15) is 0 Å². The SMILES string of the molecule is CC1=Nc2nc(Cl)c(Br)cc2C1(C)C. The molecule has 0 atom stereocenters. The summed E-state index contributed by atoms with van der Waals surface area (Å²) < 4.78 is 0.830. The molecule has 2 nitrogen and oxygen atoms in total.